The Hall–Kier alpha value is -4.41. The third-order valence-corrected chi connectivity index (χ3v) is 5.89. The summed E-state index contributed by atoms with van der Waals surface area (Å²) >= 11 is 0. The zero-order valence-corrected chi connectivity index (χ0v) is 18.1. The smallest absolute Gasteiger partial charge is 0.295 e. The fourth-order valence-electron chi connectivity index (χ4n) is 4.20. The van der Waals surface area contributed by atoms with Crippen LogP contribution in [0.5, 0.6) is 0 Å². The van der Waals surface area contributed by atoms with E-state index in [1.165, 1.54) is 23.2 Å². The molecule has 0 bridgehead atoms. The average Bonchev–Trinajstić information content (AvgIpc) is 3.55. The van der Waals surface area contributed by atoms with Gasteiger partial charge in [-0.2, -0.15) is 4.98 Å². The molecule has 11 heteroatoms. The number of carbonyl (C=O) groups is 3. The van der Waals surface area contributed by atoms with E-state index in [-0.39, 0.29) is 47.8 Å². The lowest BCUT2D eigenvalue weighted by atomic mass is 10.0. The normalized spacial score (nSPS) is 16.1. The molecule has 172 valence electrons. The number of fused-ring (bicyclic) bond motifs is 1. The molecule has 2 amide bonds. The highest BCUT2D eigenvalue weighted by atomic mass is 19.1. The summed E-state index contributed by atoms with van der Waals surface area (Å²) in [5.41, 5.74) is 0.960. The van der Waals surface area contributed by atoms with Crippen molar-refractivity contribution < 1.29 is 23.3 Å². The van der Waals surface area contributed by atoms with Gasteiger partial charge < -0.3 is 19.3 Å². The molecule has 1 aromatic carbocycles. The van der Waals surface area contributed by atoms with Crippen molar-refractivity contribution in [3.63, 3.8) is 0 Å². The zero-order valence-electron chi connectivity index (χ0n) is 18.1. The molecule has 0 radical (unpaired) electrons. The summed E-state index contributed by atoms with van der Waals surface area (Å²) in [6, 6.07) is 7.32. The molecule has 1 aliphatic heterocycles. The Kier molecular flexibility index (Phi) is 5.36. The fourth-order valence-corrected chi connectivity index (χ4v) is 4.20. The second-order valence-corrected chi connectivity index (χ2v) is 7.94. The van der Waals surface area contributed by atoms with E-state index in [1.807, 2.05) is 0 Å². The number of Topliss-reactive ketones (excluding diaryl/α,β-unsaturated/α-hetero) is 1. The Morgan fingerprint density at radius 3 is 2.71 bits per heavy atom. The van der Waals surface area contributed by atoms with Gasteiger partial charge in [0.15, 0.2) is 0 Å². The predicted octanol–water partition coefficient (Wildman–Crippen LogP) is 2.31. The maximum Gasteiger partial charge on any atom is 0.295 e. The molecule has 3 aromatic heterocycles. The number of ketones is 1. The van der Waals surface area contributed by atoms with Gasteiger partial charge in [-0.25, -0.2) is 4.39 Å². The minimum absolute atomic E-state index is 0.0164. The van der Waals surface area contributed by atoms with Crippen molar-refractivity contribution in [1.29, 1.82) is 0 Å². The quantitative estimate of drug-likeness (QED) is 0.364. The van der Waals surface area contributed by atoms with Gasteiger partial charge in [-0.05, 0) is 31.2 Å². The molecule has 1 atom stereocenters. The van der Waals surface area contributed by atoms with Crippen LogP contribution in [0.3, 0.4) is 0 Å². The van der Waals surface area contributed by atoms with Crippen molar-refractivity contribution in [2.45, 2.75) is 13.0 Å². The molecule has 0 saturated carbocycles. The number of benzene rings is 1. The van der Waals surface area contributed by atoms with Crippen molar-refractivity contribution >= 4 is 28.5 Å². The molecule has 4 heterocycles. The monoisotopic (exact) mass is 462 g/mol. The van der Waals surface area contributed by atoms with Crippen LogP contribution in [-0.4, -0.2) is 73.2 Å². The van der Waals surface area contributed by atoms with Crippen LogP contribution >= 0.6 is 0 Å². The van der Waals surface area contributed by atoms with Gasteiger partial charge in [0, 0.05) is 49.0 Å². The first-order valence-electron chi connectivity index (χ1n) is 10.6. The van der Waals surface area contributed by atoms with Crippen molar-refractivity contribution in [3.05, 3.63) is 66.2 Å². The van der Waals surface area contributed by atoms with Crippen molar-refractivity contribution in [1.82, 2.24) is 29.9 Å². The van der Waals surface area contributed by atoms with Gasteiger partial charge >= 0.3 is 0 Å². The summed E-state index contributed by atoms with van der Waals surface area (Å²) in [6.45, 7) is 2.43. The van der Waals surface area contributed by atoms with Gasteiger partial charge in [0.2, 0.25) is 12.2 Å². The number of hydrogen-bond donors (Lipinski definition) is 1. The van der Waals surface area contributed by atoms with Crippen LogP contribution in [0.25, 0.3) is 22.3 Å². The summed E-state index contributed by atoms with van der Waals surface area (Å²) in [6.07, 6.45) is 3.99. The van der Waals surface area contributed by atoms with Crippen LogP contribution in [0.2, 0.25) is 0 Å². The van der Waals surface area contributed by atoms with Crippen molar-refractivity contribution in [3.8, 4) is 11.4 Å². The number of piperazine rings is 1. The van der Waals surface area contributed by atoms with Gasteiger partial charge in [0.25, 0.3) is 17.6 Å². The molecular formula is C23H19FN6O4. The third kappa shape index (κ3) is 3.60. The summed E-state index contributed by atoms with van der Waals surface area (Å²) in [5, 5.41) is 3.74. The van der Waals surface area contributed by atoms with Crippen LogP contribution in [0.1, 0.15) is 27.8 Å². The SMILES string of the molecule is CC1CN(C(=O)c2ccccn2)CCN1C(=O)C(=O)c1c[nH]c2c(-c3ncon3)ccc(F)c12. The Morgan fingerprint density at radius 1 is 1.15 bits per heavy atom. The number of nitrogens with one attached hydrogen (secondary N) is 1. The Balaban J connectivity index is 1.37. The average molecular weight is 462 g/mol. The summed E-state index contributed by atoms with van der Waals surface area (Å²) in [5.74, 6) is -2.27. The molecule has 1 fully saturated rings. The van der Waals surface area contributed by atoms with E-state index in [0.29, 0.717) is 11.3 Å². The fraction of sp³-hybridized carbons (Fsp3) is 0.217. The summed E-state index contributed by atoms with van der Waals surface area (Å²) in [4.78, 5) is 52.8. The number of hydrogen-bond acceptors (Lipinski definition) is 7. The maximum atomic E-state index is 14.7. The lowest BCUT2D eigenvalue weighted by Gasteiger charge is -2.39. The van der Waals surface area contributed by atoms with Gasteiger partial charge in [-0.1, -0.05) is 11.2 Å². The van der Waals surface area contributed by atoms with Crippen molar-refractivity contribution in [2.75, 3.05) is 19.6 Å². The number of aromatic amines is 1. The predicted molar refractivity (Wildman–Crippen MR) is 117 cm³/mol. The number of halogens is 1. The minimum atomic E-state index is -0.841. The summed E-state index contributed by atoms with van der Waals surface area (Å²) in [7, 11) is 0. The number of amides is 2. The zero-order chi connectivity index (χ0) is 23.8. The Labute approximate surface area is 192 Å². The first-order valence-corrected chi connectivity index (χ1v) is 10.6. The van der Waals surface area contributed by atoms with Crippen LogP contribution in [0, 0.1) is 5.82 Å². The van der Waals surface area contributed by atoms with E-state index in [0.717, 1.165) is 6.39 Å². The number of nitrogens with zero attached hydrogens (tertiary/aromatic N) is 5. The molecule has 10 nitrogen and oxygen atoms in total. The Morgan fingerprint density at radius 2 is 2.00 bits per heavy atom. The largest absolute Gasteiger partial charge is 0.360 e. The van der Waals surface area contributed by atoms with Gasteiger partial charge in [0.1, 0.15) is 11.5 Å². The van der Waals surface area contributed by atoms with E-state index >= 15 is 0 Å². The maximum absolute atomic E-state index is 14.7. The molecule has 1 saturated heterocycles. The summed E-state index contributed by atoms with van der Waals surface area (Å²) < 4.78 is 19.5. The number of rotatable bonds is 4. The molecule has 5 rings (SSSR count). The number of H-pyrrole nitrogens is 1. The molecule has 0 spiro atoms. The van der Waals surface area contributed by atoms with E-state index in [4.69, 9.17) is 4.52 Å². The van der Waals surface area contributed by atoms with Crippen LogP contribution < -0.4 is 0 Å². The topological polar surface area (TPSA) is 125 Å². The van der Waals surface area contributed by atoms with Gasteiger partial charge in [-0.15, -0.1) is 0 Å². The number of aromatic nitrogens is 4. The molecular weight excluding hydrogens is 443 g/mol. The molecule has 1 unspecified atom stereocenters. The molecule has 0 aliphatic carbocycles. The van der Waals surface area contributed by atoms with E-state index in [9.17, 15) is 18.8 Å². The molecule has 34 heavy (non-hydrogen) atoms. The lowest BCUT2D eigenvalue weighted by molar-refractivity contribution is -0.130. The van der Waals surface area contributed by atoms with E-state index in [1.54, 1.807) is 36.2 Å². The Bertz CT molecular complexity index is 1390. The van der Waals surface area contributed by atoms with Crippen LogP contribution in [-0.2, 0) is 4.79 Å². The minimum Gasteiger partial charge on any atom is -0.360 e. The highest BCUT2D eigenvalue weighted by Crippen LogP contribution is 2.30. The first-order chi connectivity index (χ1) is 16.5. The number of pyridine rings is 1. The van der Waals surface area contributed by atoms with Crippen molar-refractivity contribution in [2.24, 2.45) is 0 Å². The third-order valence-electron chi connectivity index (χ3n) is 5.89. The standard InChI is InChI=1S/C23H19FN6O4/c1-13-11-29(22(32)17-4-2-3-7-25-17)8-9-30(13)23(33)20(31)15-10-26-19-14(21-27-12-34-28-21)5-6-16(24)18(15)19/h2-7,10,12-13,26H,8-9,11H2,1H3. The molecule has 1 N–H and O–H groups in total. The molecule has 1 aliphatic rings. The van der Waals surface area contributed by atoms with Gasteiger partial charge in [-0.3, -0.25) is 19.4 Å². The van der Waals surface area contributed by atoms with Crippen LogP contribution in [0.15, 0.2) is 53.6 Å². The van der Waals surface area contributed by atoms with E-state index < -0.39 is 23.5 Å². The molecule has 4 aromatic rings. The number of carbonyl (C=O) groups excluding carboxylic acids is 3. The van der Waals surface area contributed by atoms with E-state index in [2.05, 4.69) is 20.1 Å². The first kappa shape index (κ1) is 21.4. The second-order valence-electron chi connectivity index (χ2n) is 7.94. The van der Waals surface area contributed by atoms with Gasteiger partial charge in [0.05, 0.1) is 11.1 Å². The highest BCUT2D eigenvalue weighted by Gasteiger charge is 2.35. The highest BCUT2D eigenvalue weighted by molar-refractivity contribution is 6.45. The van der Waals surface area contributed by atoms with Crippen LogP contribution in [0.4, 0.5) is 4.39 Å². The lowest BCUT2D eigenvalue weighted by Crippen LogP contribution is -2.56. The second kappa shape index (κ2) is 8.50.